The normalized spacial score (nSPS) is 34.1. The molecule has 2 aliphatic heterocycles. The van der Waals surface area contributed by atoms with E-state index in [4.69, 9.17) is 32.7 Å². The molecule has 0 spiro atoms. The van der Waals surface area contributed by atoms with Gasteiger partial charge in [-0.25, -0.2) is 0 Å². The summed E-state index contributed by atoms with van der Waals surface area (Å²) in [5.74, 6) is -5.06. The van der Waals surface area contributed by atoms with E-state index >= 15 is 0 Å². The molecule has 1 saturated carbocycles. The monoisotopic (exact) mass is 642 g/mol. The van der Waals surface area contributed by atoms with Crippen LogP contribution in [0.15, 0.2) is 23.8 Å². The number of carbonyl (C=O) groups excluding carboxylic acids is 4. The number of methoxy groups -OCH3 is 2. The molecule has 6 atom stereocenters. The number of hydrogen-bond acceptors (Lipinski definition) is 7. The van der Waals surface area contributed by atoms with Crippen molar-refractivity contribution in [3.63, 3.8) is 0 Å². The van der Waals surface area contributed by atoms with Crippen LogP contribution in [0.3, 0.4) is 0 Å². The molecule has 2 aliphatic carbocycles. The second kappa shape index (κ2) is 9.11. The minimum Gasteiger partial charge on any atom is -0.502 e. The number of fused-ring (bicyclic) bond motifs is 4. The van der Waals surface area contributed by atoms with Crippen LogP contribution in [0.2, 0.25) is 0 Å². The van der Waals surface area contributed by atoms with Crippen LogP contribution in [0.4, 0.5) is 0 Å². The van der Waals surface area contributed by atoms with Crippen LogP contribution in [0.25, 0.3) is 0 Å². The Bertz CT molecular complexity index is 1320. The summed E-state index contributed by atoms with van der Waals surface area (Å²) < 4.78 is 10.7. The van der Waals surface area contributed by atoms with Crippen LogP contribution in [-0.2, 0) is 19.2 Å². The van der Waals surface area contributed by atoms with Gasteiger partial charge in [-0.1, -0.05) is 27.6 Å². The lowest BCUT2D eigenvalue weighted by atomic mass is 9.56. The summed E-state index contributed by atoms with van der Waals surface area (Å²) in [6.45, 7) is 5.40. The van der Waals surface area contributed by atoms with E-state index in [0.29, 0.717) is 11.1 Å². The minimum absolute atomic E-state index is 0.0707. The van der Waals surface area contributed by atoms with E-state index < -0.39 is 50.8 Å². The summed E-state index contributed by atoms with van der Waals surface area (Å²) in [5.41, 5.74) is 0.205. The number of alkyl halides is 3. The molecule has 0 bridgehead atoms. The molecule has 12 heteroatoms. The highest BCUT2D eigenvalue weighted by Crippen LogP contribution is 2.66. The van der Waals surface area contributed by atoms with Gasteiger partial charge >= 0.3 is 0 Å². The molecule has 0 aromatic heterocycles. The second-order valence-electron chi connectivity index (χ2n) is 11.4. The van der Waals surface area contributed by atoms with Gasteiger partial charge in [0, 0.05) is 11.5 Å². The number of hydrogen-bond donors (Lipinski definition) is 1. The van der Waals surface area contributed by atoms with Crippen molar-refractivity contribution in [1.82, 2.24) is 9.80 Å². The number of allylic oxidation sites excluding steroid dienone is 2. The molecule has 1 aromatic rings. The van der Waals surface area contributed by atoms with Crippen LogP contribution in [0.5, 0.6) is 17.2 Å². The van der Waals surface area contributed by atoms with E-state index in [1.54, 1.807) is 20.8 Å². The summed E-state index contributed by atoms with van der Waals surface area (Å²) >= 11 is 17.7. The maximum atomic E-state index is 13.9. The molecular weight excluding hydrogens is 615 g/mol. The molecule has 210 valence electrons. The molecular formula is C27H29BrCl2N2O7. The second-order valence-corrected chi connectivity index (χ2v) is 13.2. The van der Waals surface area contributed by atoms with Gasteiger partial charge in [0.1, 0.15) is 0 Å². The molecule has 2 saturated heterocycles. The van der Waals surface area contributed by atoms with E-state index in [9.17, 15) is 24.3 Å². The molecule has 39 heavy (non-hydrogen) atoms. The molecule has 4 aliphatic rings. The first-order chi connectivity index (χ1) is 18.2. The third-order valence-electron chi connectivity index (χ3n) is 8.52. The highest BCUT2D eigenvalue weighted by Gasteiger charge is 2.76. The summed E-state index contributed by atoms with van der Waals surface area (Å²) in [7, 11) is 2.74. The van der Waals surface area contributed by atoms with Crippen LogP contribution in [-0.4, -0.2) is 73.5 Å². The van der Waals surface area contributed by atoms with Gasteiger partial charge in [0.15, 0.2) is 21.2 Å². The molecule has 0 radical (unpaired) electrons. The third-order valence-corrected chi connectivity index (χ3v) is 10.4. The first-order valence-corrected chi connectivity index (χ1v) is 14.4. The van der Waals surface area contributed by atoms with Gasteiger partial charge in [0.25, 0.3) is 11.8 Å². The van der Waals surface area contributed by atoms with Crippen molar-refractivity contribution in [3.05, 3.63) is 29.3 Å². The predicted molar refractivity (Wildman–Crippen MR) is 146 cm³/mol. The zero-order valence-electron chi connectivity index (χ0n) is 22.1. The maximum absolute atomic E-state index is 13.9. The highest BCUT2D eigenvalue weighted by atomic mass is 79.9. The molecule has 1 N–H and O–H groups in total. The van der Waals surface area contributed by atoms with Crippen LogP contribution >= 0.6 is 39.1 Å². The van der Waals surface area contributed by atoms with Crippen LogP contribution < -0.4 is 9.47 Å². The van der Waals surface area contributed by atoms with Gasteiger partial charge in [-0.15, -0.1) is 23.2 Å². The first-order valence-electron chi connectivity index (χ1n) is 12.5. The van der Waals surface area contributed by atoms with Crippen LogP contribution in [0, 0.1) is 17.8 Å². The van der Waals surface area contributed by atoms with E-state index in [0.717, 1.165) is 4.90 Å². The summed E-state index contributed by atoms with van der Waals surface area (Å²) in [5, 5.41) is 10.6. The summed E-state index contributed by atoms with van der Waals surface area (Å²) in [6, 6.07) is 3.05. The largest absolute Gasteiger partial charge is 0.502 e. The fourth-order valence-electron chi connectivity index (χ4n) is 6.87. The number of imide groups is 2. The number of phenolic OH excluding ortho intramolecular Hbond substituents is 1. The fraction of sp³-hybridized carbons (Fsp3) is 0.556. The standard InChI is InChI=1S/C27H29BrCl2N2O7/c1-25(2,3)32-21(34)14-7-6-13-15(18(14)22(32)35)10-26(29)23(36)31(11-28)24(37)27(26,30)19(13)12-8-16(38-4)20(33)17(9-12)39-5/h6,8-9,14-15,18-19,33H,7,10-11H2,1-5H3. The molecule has 5 rings (SSSR count). The lowest BCUT2D eigenvalue weighted by Gasteiger charge is -2.50. The van der Waals surface area contributed by atoms with Crippen molar-refractivity contribution in [2.24, 2.45) is 17.8 Å². The zero-order chi connectivity index (χ0) is 28.8. The highest BCUT2D eigenvalue weighted by molar-refractivity contribution is 9.09. The number of nitrogens with zero attached hydrogens (tertiary/aromatic N) is 2. The molecule has 9 nitrogen and oxygen atoms in total. The maximum Gasteiger partial charge on any atom is 0.254 e. The average molecular weight is 644 g/mol. The van der Waals surface area contributed by atoms with E-state index in [1.807, 2.05) is 6.08 Å². The summed E-state index contributed by atoms with van der Waals surface area (Å²) in [4.78, 5) is 53.2. The van der Waals surface area contributed by atoms with Crippen molar-refractivity contribution >= 4 is 62.8 Å². The fourth-order valence-corrected chi connectivity index (χ4v) is 8.29. The van der Waals surface area contributed by atoms with Gasteiger partial charge in [0.2, 0.25) is 17.6 Å². The van der Waals surface area contributed by atoms with Gasteiger partial charge < -0.3 is 14.6 Å². The first kappa shape index (κ1) is 28.2. The van der Waals surface area contributed by atoms with E-state index in [1.165, 1.54) is 31.3 Å². The Hall–Kier alpha value is -2.30. The SMILES string of the molecule is COc1cc(C2C3=CCC4C(=O)N(C(C)(C)C)C(=O)C4C3CC3(Cl)C(=O)N(CBr)C(=O)C23Cl)cc(OC)c1O. The van der Waals surface area contributed by atoms with Crippen LogP contribution in [0.1, 0.15) is 45.1 Å². The van der Waals surface area contributed by atoms with E-state index in [-0.39, 0.29) is 47.4 Å². The number of phenols is 1. The Morgan fingerprint density at radius 2 is 1.62 bits per heavy atom. The number of halogens is 3. The Balaban J connectivity index is 1.76. The Labute approximate surface area is 244 Å². The molecule has 2 heterocycles. The van der Waals surface area contributed by atoms with E-state index in [2.05, 4.69) is 15.9 Å². The molecule has 1 aromatic carbocycles. The van der Waals surface area contributed by atoms with Crippen molar-refractivity contribution in [3.8, 4) is 17.2 Å². The Morgan fingerprint density at radius 1 is 1.03 bits per heavy atom. The number of benzene rings is 1. The Morgan fingerprint density at radius 3 is 2.13 bits per heavy atom. The number of likely N-dealkylation sites (tertiary alicyclic amines) is 2. The van der Waals surface area contributed by atoms with Gasteiger partial charge in [-0.3, -0.25) is 29.0 Å². The minimum atomic E-state index is -1.96. The summed E-state index contributed by atoms with van der Waals surface area (Å²) in [6.07, 6.45) is 2.02. The predicted octanol–water partition coefficient (Wildman–Crippen LogP) is 3.92. The number of carbonyl (C=O) groups is 4. The van der Waals surface area contributed by atoms with Crippen molar-refractivity contribution < 1.29 is 33.8 Å². The van der Waals surface area contributed by atoms with Crippen molar-refractivity contribution in [2.75, 3.05) is 19.7 Å². The quantitative estimate of drug-likeness (QED) is 0.229. The van der Waals surface area contributed by atoms with Gasteiger partial charge in [-0.2, -0.15) is 0 Å². The molecule has 6 unspecified atom stereocenters. The number of ether oxygens (including phenoxy) is 2. The Kier molecular flexibility index (Phi) is 6.59. The lowest BCUT2D eigenvalue weighted by Crippen LogP contribution is -2.60. The number of rotatable bonds is 4. The van der Waals surface area contributed by atoms with Gasteiger partial charge in [0.05, 0.1) is 31.5 Å². The molecule has 4 amide bonds. The van der Waals surface area contributed by atoms with Crippen molar-refractivity contribution in [1.29, 1.82) is 0 Å². The third kappa shape index (κ3) is 3.56. The lowest BCUT2D eigenvalue weighted by molar-refractivity contribution is -0.146. The smallest absolute Gasteiger partial charge is 0.254 e. The zero-order valence-corrected chi connectivity index (χ0v) is 25.2. The number of amides is 4. The van der Waals surface area contributed by atoms with Crippen molar-refractivity contribution in [2.45, 2.75) is 54.8 Å². The molecule has 3 fully saturated rings. The average Bonchev–Trinajstić information content (AvgIpc) is 3.22. The topological polar surface area (TPSA) is 113 Å². The number of aromatic hydroxyl groups is 1. The van der Waals surface area contributed by atoms with Gasteiger partial charge in [-0.05, 0) is 57.2 Å².